The minimum absolute atomic E-state index is 0.198. The fourth-order valence-corrected chi connectivity index (χ4v) is 5.00. The van der Waals surface area contributed by atoms with Crippen LogP contribution in [0.1, 0.15) is 38.5 Å². The molecule has 4 rings (SSSR count). The van der Waals surface area contributed by atoms with Crippen LogP contribution in [0.3, 0.4) is 0 Å². The summed E-state index contributed by atoms with van der Waals surface area (Å²) in [5.74, 6) is 0.271. The van der Waals surface area contributed by atoms with E-state index in [1.807, 2.05) is 21.9 Å². The van der Waals surface area contributed by atoms with Crippen molar-refractivity contribution in [3.05, 3.63) is 30.1 Å². The summed E-state index contributed by atoms with van der Waals surface area (Å²) in [6.07, 6.45) is 5.11. The van der Waals surface area contributed by atoms with Gasteiger partial charge in [0.2, 0.25) is 11.8 Å². The topological polar surface area (TPSA) is 47.1 Å². The Kier molecular flexibility index (Phi) is 6.87. The minimum Gasteiger partial charge on any atom is -0.369 e. The SMILES string of the molecule is O=C1CCCN1CCCC(=O)N1CCC[C@H](N2CCN(c3ccc(F)cc3)CC2)C1. The van der Waals surface area contributed by atoms with E-state index >= 15 is 0 Å². The minimum atomic E-state index is -0.198. The van der Waals surface area contributed by atoms with Crippen molar-refractivity contribution in [2.24, 2.45) is 0 Å². The number of hydrogen-bond acceptors (Lipinski definition) is 4. The Morgan fingerprint density at radius 2 is 1.77 bits per heavy atom. The van der Waals surface area contributed by atoms with E-state index < -0.39 is 0 Å². The van der Waals surface area contributed by atoms with Crippen molar-refractivity contribution in [1.82, 2.24) is 14.7 Å². The van der Waals surface area contributed by atoms with Crippen molar-refractivity contribution in [1.29, 1.82) is 0 Å². The van der Waals surface area contributed by atoms with Gasteiger partial charge in [-0.25, -0.2) is 4.39 Å². The number of anilines is 1. The lowest BCUT2D eigenvalue weighted by molar-refractivity contribution is -0.134. The summed E-state index contributed by atoms with van der Waals surface area (Å²) in [6, 6.07) is 7.17. The molecule has 0 aromatic heterocycles. The summed E-state index contributed by atoms with van der Waals surface area (Å²) in [6.45, 7) is 7.05. The number of carbonyl (C=O) groups excluding carboxylic acids is 2. The van der Waals surface area contributed by atoms with E-state index in [2.05, 4.69) is 9.80 Å². The Morgan fingerprint density at radius 3 is 2.47 bits per heavy atom. The third-order valence-corrected chi connectivity index (χ3v) is 6.76. The van der Waals surface area contributed by atoms with Gasteiger partial charge in [0.05, 0.1) is 0 Å². The summed E-state index contributed by atoms with van der Waals surface area (Å²) in [5.41, 5.74) is 1.08. The Balaban J connectivity index is 1.21. The van der Waals surface area contributed by atoms with Crippen LogP contribution in [-0.2, 0) is 9.59 Å². The number of nitrogens with zero attached hydrogens (tertiary/aromatic N) is 4. The molecular formula is C23H33FN4O2. The first kappa shape index (κ1) is 21.1. The van der Waals surface area contributed by atoms with Gasteiger partial charge in [0.15, 0.2) is 0 Å². The van der Waals surface area contributed by atoms with Crippen LogP contribution in [0.15, 0.2) is 24.3 Å². The van der Waals surface area contributed by atoms with Gasteiger partial charge in [0.1, 0.15) is 5.82 Å². The number of piperazine rings is 1. The predicted octanol–water partition coefficient (Wildman–Crippen LogP) is 2.34. The Morgan fingerprint density at radius 1 is 1.00 bits per heavy atom. The molecule has 1 aromatic rings. The molecule has 0 spiro atoms. The molecule has 0 N–H and O–H groups in total. The molecule has 3 heterocycles. The van der Waals surface area contributed by atoms with Crippen LogP contribution < -0.4 is 4.90 Å². The van der Waals surface area contributed by atoms with Crippen LogP contribution in [0.25, 0.3) is 0 Å². The second-order valence-electron chi connectivity index (χ2n) is 8.72. The summed E-state index contributed by atoms with van der Waals surface area (Å²) in [4.78, 5) is 33.2. The van der Waals surface area contributed by atoms with E-state index in [1.54, 1.807) is 0 Å². The van der Waals surface area contributed by atoms with Gasteiger partial charge in [-0.3, -0.25) is 14.5 Å². The number of carbonyl (C=O) groups is 2. The lowest BCUT2D eigenvalue weighted by Gasteiger charge is -2.44. The fraction of sp³-hybridized carbons (Fsp3) is 0.652. The maximum absolute atomic E-state index is 13.2. The number of amides is 2. The van der Waals surface area contributed by atoms with Crippen LogP contribution in [0.4, 0.5) is 10.1 Å². The highest BCUT2D eigenvalue weighted by atomic mass is 19.1. The summed E-state index contributed by atoms with van der Waals surface area (Å²) >= 11 is 0. The average molecular weight is 417 g/mol. The van der Waals surface area contributed by atoms with Gasteiger partial charge < -0.3 is 14.7 Å². The van der Waals surface area contributed by atoms with Crippen LogP contribution in [0.5, 0.6) is 0 Å². The largest absolute Gasteiger partial charge is 0.369 e. The molecule has 0 saturated carbocycles. The fourth-order valence-electron chi connectivity index (χ4n) is 5.00. The van der Waals surface area contributed by atoms with Gasteiger partial charge in [0.25, 0.3) is 0 Å². The molecule has 3 aliphatic heterocycles. The van der Waals surface area contributed by atoms with Crippen LogP contribution >= 0.6 is 0 Å². The van der Waals surface area contributed by atoms with Gasteiger partial charge in [-0.15, -0.1) is 0 Å². The Bertz CT molecular complexity index is 733. The third kappa shape index (κ3) is 5.12. The first-order valence-corrected chi connectivity index (χ1v) is 11.4. The maximum Gasteiger partial charge on any atom is 0.222 e. The molecule has 3 aliphatic rings. The summed E-state index contributed by atoms with van der Waals surface area (Å²) < 4.78 is 13.2. The smallest absolute Gasteiger partial charge is 0.222 e. The van der Waals surface area contributed by atoms with Crippen molar-refractivity contribution >= 4 is 17.5 Å². The van der Waals surface area contributed by atoms with E-state index in [0.717, 1.165) is 77.2 Å². The van der Waals surface area contributed by atoms with Gasteiger partial charge in [-0.1, -0.05) is 0 Å². The molecule has 7 heteroatoms. The van der Waals surface area contributed by atoms with Crippen LogP contribution in [-0.4, -0.2) is 84.9 Å². The van der Waals surface area contributed by atoms with E-state index in [0.29, 0.717) is 25.4 Å². The molecule has 1 atom stereocenters. The molecule has 2 amide bonds. The highest BCUT2D eigenvalue weighted by Gasteiger charge is 2.30. The lowest BCUT2D eigenvalue weighted by Crippen LogP contribution is -2.55. The standard InChI is InChI=1S/C23H33FN4O2/c24-19-7-9-20(10-8-19)25-14-16-26(17-15-25)21-4-1-13-28(18-21)23(30)6-3-12-27-11-2-5-22(27)29/h7-10,21H,1-6,11-18H2/t21-/m0/s1. The lowest BCUT2D eigenvalue weighted by atomic mass is 10.0. The van der Waals surface area contributed by atoms with Gasteiger partial charge >= 0.3 is 0 Å². The molecule has 3 saturated heterocycles. The number of rotatable bonds is 6. The number of benzene rings is 1. The molecule has 164 valence electrons. The average Bonchev–Trinajstić information content (AvgIpc) is 3.19. The zero-order valence-corrected chi connectivity index (χ0v) is 17.8. The molecule has 0 unspecified atom stereocenters. The molecular weight excluding hydrogens is 383 g/mol. The van der Waals surface area contributed by atoms with Crippen molar-refractivity contribution in [3.8, 4) is 0 Å². The molecule has 6 nitrogen and oxygen atoms in total. The molecule has 0 bridgehead atoms. The molecule has 1 aromatic carbocycles. The van der Waals surface area contributed by atoms with Crippen molar-refractivity contribution in [3.63, 3.8) is 0 Å². The van der Waals surface area contributed by atoms with Gasteiger partial charge in [-0.05, 0) is 49.9 Å². The van der Waals surface area contributed by atoms with Gasteiger partial charge in [-0.2, -0.15) is 0 Å². The normalized spacial score (nSPS) is 23.3. The summed E-state index contributed by atoms with van der Waals surface area (Å²) in [7, 11) is 0. The first-order chi connectivity index (χ1) is 14.6. The number of likely N-dealkylation sites (tertiary alicyclic amines) is 2. The zero-order valence-electron chi connectivity index (χ0n) is 17.8. The molecule has 0 aliphatic carbocycles. The van der Waals surface area contributed by atoms with Crippen LogP contribution in [0, 0.1) is 5.82 Å². The number of hydrogen-bond donors (Lipinski definition) is 0. The monoisotopic (exact) mass is 416 g/mol. The molecule has 3 fully saturated rings. The second kappa shape index (κ2) is 9.77. The van der Waals surface area contributed by atoms with E-state index in [1.165, 1.54) is 12.1 Å². The van der Waals surface area contributed by atoms with Crippen molar-refractivity contribution in [2.45, 2.75) is 44.6 Å². The first-order valence-electron chi connectivity index (χ1n) is 11.4. The Hall–Kier alpha value is -2.15. The third-order valence-electron chi connectivity index (χ3n) is 6.76. The van der Waals surface area contributed by atoms with E-state index in [4.69, 9.17) is 0 Å². The second-order valence-corrected chi connectivity index (χ2v) is 8.72. The van der Waals surface area contributed by atoms with E-state index in [9.17, 15) is 14.0 Å². The van der Waals surface area contributed by atoms with Gasteiger partial charge in [0, 0.05) is 76.9 Å². The quantitative estimate of drug-likeness (QED) is 0.714. The molecule has 0 radical (unpaired) electrons. The number of piperidine rings is 1. The predicted molar refractivity (Wildman–Crippen MR) is 115 cm³/mol. The highest BCUT2D eigenvalue weighted by molar-refractivity contribution is 5.78. The maximum atomic E-state index is 13.2. The Labute approximate surface area is 178 Å². The highest BCUT2D eigenvalue weighted by Crippen LogP contribution is 2.22. The summed E-state index contributed by atoms with van der Waals surface area (Å²) in [5, 5.41) is 0. The zero-order chi connectivity index (χ0) is 20.9. The number of halogens is 1. The van der Waals surface area contributed by atoms with Crippen LogP contribution in [0.2, 0.25) is 0 Å². The van der Waals surface area contributed by atoms with E-state index in [-0.39, 0.29) is 17.6 Å². The van der Waals surface area contributed by atoms with Crippen molar-refractivity contribution < 1.29 is 14.0 Å². The van der Waals surface area contributed by atoms with Crippen molar-refractivity contribution in [2.75, 3.05) is 57.3 Å². The molecule has 30 heavy (non-hydrogen) atoms.